The SMILES string of the molecule is [N-]=[N+]=CC(=O)CC1(C#Cc2ccccc2)CCOCC1. The molecule has 0 amide bonds. The number of ether oxygens (including phenoxy) is 1. The van der Waals surface area contributed by atoms with Crippen molar-refractivity contribution in [2.24, 2.45) is 5.41 Å². The van der Waals surface area contributed by atoms with Crippen LogP contribution in [-0.2, 0) is 9.53 Å². The predicted octanol–water partition coefficient (Wildman–Crippen LogP) is 2.09. The molecule has 1 aromatic carbocycles. The molecule has 4 nitrogen and oxygen atoms in total. The van der Waals surface area contributed by atoms with Crippen LogP contribution in [0.25, 0.3) is 5.53 Å². The molecule has 0 saturated carbocycles. The van der Waals surface area contributed by atoms with E-state index in [-0.39, 0.29) is 17.6 Å². The molecule has 1 heterocycles. The second-order valence-electron chi connectivity index (χ2n) is 4.90. The molecule has 4 heteroatoms. The third-order valence-corrected chi connectivity index (χ3v) is 3.41. The van der Waals surface area contributed by atoms with Crippen LogP contribution in [0.1, 0.15) is 24.8 Å². The van der Waals surface area contributed by atoms with Crippen LogP contribution in [0.4, 0.5) is 0 Å². The fourth-order valence-electron chi connectivity index (χ4n) is 2.28. The van der Waals surface area contributed by atoms with E-state index >= 15 is 0 Å². The van der Waals surface area contributed by atoms with Gasteiger partial charge in [-0.25, -0.2) is 0 Å². The molecule has 1 fully saturated rings. The monoisotopic (exact) mass is 268 g/mol. The van der Waals surface area contributed by atoms with Crippen molar-refractivity contribution in [3.05, 3.63) is 41.4 Å². The van der Waals surface area contributed by atoms with Crippen molar-refractivity contribution in [2.75, 3.05) is 13.2 Å². The molecule has 1 aliphatic rings. The zero-order valence-corrected chi connectivity index (χ0v) is 11.2. The van der Waals surface area contributed by atoms with E-state index in [1.54, 1.807) is 0 Å². The molecule has 102 valence electrons. The minimum absolute atomic E-state index is 0.211. The van der Waals surface area contributed by atoms with Gasteiger partial charge in [-0.15, -0.1) is 0 Å². The topological polar surface area (TPSA) is 62.7 Å². The molecule has 0 unspecified atom stereocenters. The first-order valence-electron chi connectivity index (χ1n) is 6.60. The van der Waals surface area contributed by atoms with Gasteiger partial charge >= 0.3 is 6.21 Å². The van der Waals surface area contributed by atoms with Gasteiger partial charge in [0.15, 0.2) is 0 Å². The minimum atomic E-state index is -0.383. The van der Waals surface area contributed by atoms with Crippen molar-refractivity contribution < 1.29 is 14.3 Å². The first kappa shape index (κ1) is 14.2. The molecule has 0 aromatic heterocycles. The summed E-state index contributed by atoms with van der Waals surface area (Å²) in [6, 6.07) is 9.69. The summed E-state index contributed by atoms with van der Waals surface area (Å²) in [5, 5.41) is 0. The van der Waals surface area contributed by atoms with E-state index < -0.39 is 0 Å². The highest BCUT2D eigenvalue weighted by Crippen LogP contribution is 2.33. The summed E-state index contributed by atoms with van der Waals surface area (Å²) in [6.45, 7) is 1.21. The maximum atomic E-state index is 11.7. The van der Waals surface area contributed by atoms with Gasteiger partial charge in [0.2, 0.25) is 5.78 Å². The van der Waals surface area contributed by atoms with E-state index in [0.717, 1.165) is 24.6 Å². The van der Waals surface area contributed by atoms with E-state index in [9.17, 15) is 4.79 Å². The van der Waals surface area contributed by atoms with Crippen LogP contribution in [0.15, 0.2) is 30.3 Å². The Morgan fingerprint density at radius 1 is 1.35 bits per heavy atom. The molecule has 0 radical (unpaired) electrons. The van der Waals surface area contributed by atoms with Gasteiger partial charge in [-0.05, 0) is 25.0 Å². The molecule has 0 N–H and O–H groups in total. The van der Waals surface area contributed by atoms with E-state index in [1.807, 2.05) is 30.3 Å². The van der Waals surface area contributed by atoms with E-state index in [0.29, 0.717) is 13.2 Å². The Morgan fingerprint density at radius 2 is 2.05 bits per heavy atom. The lowest BCUT2D eigenvalue weighted by Gasteiger charge is -2.31. The standard InChI is InChI=1S/C16H16N2O2/c17-18-13-15(19)12-16(8-10-20-11-9-16)7-6-14-4-2-1-3-5-14/h1-5,13H,8-12H2. The summed E-state index contributed by atoms with van der Waals surface area (Å²) >= 11 is 0. The number of hydrogen-bond acceptors (Lipinski definition) is 2. The van der Waals surface area contributed by atoms with Crippen LogP contribution in [0.3, 0.4) is 0 Å². The minimum Gasteiger partial charge on any atom is -0.381 e. The molecular weight excluding hydrogens is 252 g/mol. The number of carbonyl (C=O) groups is 1. The van der Waals surface area contributed by atoms with Crippen molar-refractivity contribution >= 4 is 12.0 Å². The number of benzene rings is 1. The largest absolute Gasteiger partial charge is 0.381 e. The molecule has 1 saturated heterocycles. The van der Waals surface area contributed by atoms with Crippen LogP contribution in [0.2, 0.25) is 0 Å². The summed E-state index contributed by atoms with van der Waals surface area (Å²) in [4.78, 5) is 14.5. The van der Waals surface area contributed by atoms with Crippen molar-refractivity contribution in [1.29, 1.82) is 0 Å². The van der Waals surface area contributed by atoms with Gasteiger partial charge in [-0.3, -0.25) is 4.79 Å². The average molecular weight is 268 g/mol. The van der Waals surface area contributed by atoms with Gasteiger partial charge in [0.05, 0.1) is 0 Å². The first-order chi connectivity index (χ1) is 9.74. The molecule has 0 bridgehead atoms. The average Bonchev–Trinajstić information content (AvgIpc) is 2.47. The number of hydrogen-bond donors (Lipinski definition) is 0. The number of rotatable bonds is 3. The van der Waals surface area contributed by atoms with Crippen molar-refractivity contribution in [3.8, 4) is 11.8 Å². The van der Waals surface area contributed by atoms with Crippen LogP contribution >= 0.6 is 0 Å². The molecule has 2 rings (SSSR count). The van der Waals surface area contributed by atoms with Crippen molar-refractivity contribution in [3.63, 3.8) is 0 Å². The Bertz CT molecular complexity index is 571. The second-order valence-corrected chi connectivity index (χ2v) is 4.90. The summed E-state index contributed by atoms with van der Waals surface area (Å²) in [5.74, 6) is 6.17. The Balaban J connectivity index is 2.21. The zero-order chi connectivity index (χ0) is 14.3. The summed E-state index contributed by atoms with van der Waals surface area (Å²) in [6.07, 6.45) is 2.65. The highest BCUT2D eigenvalue weighted by molar-refractivity contribution is 6.25. The summed E-state index contributed by atoms with van der Waals surface area (Å²) < 4.78 is 5.36. The van der Waals surface area contributed by atoms with Gasteiger partial charge in [-0.1, -0.05) is 30.0 Å². The molecule has 0 aliphatic carbocycles. The lowest BCUT2D eigenvalue weighted by molar-refractivity contribution is -0.118. The van der Waals surface area contributed by atoms with Crippen molar-refractivity contribution in [1.82, 2.24) is 0 Å². The van der Waals surface area contributed by atoms with Gasteiger partial charge < -0.3 is 10.3 Å². The Kier molecular flexibility index (Phi) is 4.84. The normalized spacial score (nSPS) is 16.4. The Labute approximate surface area is 118 Å². The molecule has 1 aromatic rings. The molecular formula is C16H16N2O2. The van der Waals surface area contributed by atoms with Crippen LogP contribution in [-0.4, -0.2) is 30.0 Å². The third kappa shape index (κ3) is 3.89. The quantitative estimate of drug-likeness (QED) is 0.365. The van der Waals surface area contributed by atoms with E-state index in [1.165, 1.54) is 0 Å². The summed E-state index contributed by atoms with van der Waals surface area (Å²) in [5.41, 5.74) is 9.00. The third-order valence-electron chi connectivity index (χ3n) is 3.41. The van der Waals surface area contributed by atoms with E-state index in [4.69, 9.17) is 10.3 Å². The fraction of sp³-hybridized carbons (Fsp3) is 0.375. The highest BCUT2D eigenvalue weighted by Gasteiger charge is 2.33. The first-order valence-corrected chi connectivity index (χ1v) is 6.60. The Hall–Kier alpha value is -2.21. The zero-order valence-electron chi connectivity index (χ0n) is 11.2. The maximum absolute atomic E-state index is 11.7. The molecule has 0 spiro atoms. The van der Waals surface area contributed by atoms with Crippen LogP contribution < -0.4 is 0 Å². The maximum Gasteiger partial charge on any atom is 0.323 e. The van der Waals surface area contributed by atoms with Gasteiger partial charge in [-0.2, -0.15) is 4.79 Å². The smallest absolute Gasteiger partial charge is 0.323 e. The number of Topliss-reactive ketones (excluding diaryl/α,β-unsaturated/α-hetero) is 1. The van der Waals surface area contributed by atoms with E-state index in [2.05, 4.69) is 16.6 Å². The van der Waals surface area contributed by atoms with Crippen LogP contribution in [0.5, 0.6) is 0 Å². The van der Waals surface area contributed by atoms with Crippen LogP contribution in [0, 0.1) is 17.3 Å². The van der Waals surface area contributed by atoms with Gasteiger partial charge in [0.25, 0.3) is 0 Å². The molecule has 0 atom stereocenters. The Morgan fingerprint density at radius 3 is 2.70 bits per heavy atom. The van der Waals surface area contributed by atoms with Gasteiger partial charge in [0, 0.05) is 30.6 Å². The van der Waals surface area contributed by atoms with Gasteiger partial charge in [0.1, 0.15) is 0 Å². The summed E-state index contributed by atoms with van der Waals surface area (Å²) in [7, 11) is 0. The number of nitrogens with zero attached hydrogens (tertiary/aromatic N) is 2. The lowest BCUT2D eigenvalue weighted by Crippen LogP contribution is -2.31. The fourth-order valence-corrected chi connectivity index (χ4v) is 2.28. The molecule has 1 aliphatic heterocycles. The number of carbonyl (C=O) groups excluding carboxylic acids is 1. The predicted molar refractivity (Wildman–Crippen MR) is 75.1 cm³/mol. The second kappa shape index (κ2) is 6.81. The molecule has 20 heavy (non-hydrogen) atoms. The van der Waals surface area contributed by atoms with Crippen molar-refractivity contribution in [2.45, 2.75) is 19.3 Å². The lowest BCUT2D eigenvalue weighted by atomic mass is 9.76. The highest BCUT2D eigenvalue weighted by atomic mass is 16.5. The number of ketones is 1.